The van der Waals surface area contributed by atoms with Crippen molar-refractivity contribution in [1.29, 1.82) is 5.26 Å². The summed E-state index contributed by atoms with van der Waals surface area (Å²) in [6, 6.07) is 14.3. The van der Waals surface area contributed by atoms with Crippen molar-refractivity contribution >= 4 is 29.4 Å². The Morgan fingerprint density at radius 3 is 2.31 bits per heavy atom. The van der Waals surface area contributed by atoms with Gasteiger partial charge in [-0.25, -0.2) is 4.79 Å². The Kier molecular flexibility index (Phi) is 7.91. The molecule has 0 aliphatic carbocycles. The van der Waals surface area contributed by atoms with Crippen LogP contribution in [0.5, 0.6) is 0 Å². The number of anilines is 1. The van der Waals surface area contributed by atoms with Crippen LogP contribution >= 0.6 is 11.8 Å². The molecule has 1 unspecified atom stereocenters. The van der Waals surface area contributed by atoms with Gasteiger partial charge in [0.05, 0.1) is 6.07 Å². The van der Waals surface area contributed by atoms with Gasteiger partial charge in [0.25, 0.3) is 0 Å². The topological polar surface area (TPSA) is 94.0 Å². The van der Waals surface area contributed by atoms with Gasteiger partial charge in [0.15, 0.2) is 0 Å². The first-order valence-corrected chi connectivity index (χ1v) is 9.20. The summed E-state index contributed by atoms with van der Waals surface area (Å²) in [7, 11) is 0. The van der Waals surface area contributed by atoms with E-state index in [0.717, 1.165) is 5.56 Å². The maximum Gasteiger partial charge on any atom is 0.446 e. The summed E-state index contributed by atoms with van der Waals surface area (Å²) < 4.78 is 37.1. The maximum absolute atomic E-state index is 12.4. The van der Waals surface area contributed by atoms with Gasteiger partial charge < -0.3 is 16.0 Å². The van der Waals surface area contributed by atoms with Crippen LogP contribution in [0.15, 0.2) is 59.5 Å². The maximum atomic E-state index is 12.4. The van der Waals surface area contributed by atoms with E-state index in [1.165, 1.54) is 24.3 Å². The highest BCUT2D eigenvalue weighted by Crippen LogP contribution is 2.37. The third-order valence-electron chi connectivity index (χ3n) is 3.59. The van der Waals surface area contributed by atoms with Gasteiger partial charge in [-0.3, -0.25) is 4.79 Å². The molecule has 0 saturated heterocycles. The molecule has 2 rings (SSSR count). The molecule has 3 N–H and O–H groups in total. The van der Waals surface area contributed by atoms with Gasteiger partial charge in [-0.2, -0.15) is 18.4 Å². The number of rotatable bonds is 7. The van der Waals surface area contributed by atoms with Crippen LogP contribution in [0.4, 0.5) is 23.7 Å². The zero-order valence-electron chi connectivity index (χ0n) is 15.0. The van der Waals surface area contributed by atoms with Gasteiger partial charge in [-0.1, -0.05) is 30.3 Å². The average molecular weight is 422 g/mol. The minimum absolute atomic E-state index is 0.0127. The molecule has 0 saturated carbocycles. The van der Waals surface area contributed by atoms with Gasteiger partial charge in [0.2, 0.25) is 5.91 Å². The van der Waals surface area contributed by atoms with Gasteiger partial charge in [-0.15, -0.1) is 0 Å². The molecule has 0 fully saturated rings. The Hall–Kier alpha value is -3.19. The second-order valence-electron chi connectivity index (χ2n) is 5.79. The van der Waals surface area contributed by atoms with Crippen LogP contribution < -0.4 is 16.0 Å². The first kappa shape index (κ1) is 22.1. The van der Waals surface area contributed by atoms with E-state index < -0.39 is 23.5 Å². The number of alkyl halides is 3. The number of amides is 3. The molecule has 29 heavy (non-hydrogen) atoms. The highest BCUT2D eigenvalue weighted by Gasteiger charge is 2.29. The smallest absolute Gasteiger partial charge is 0.341 e. The van der Waals surface area contributed by atoms with Gasteiger partial charge in [0.1, 0.15) is 12.6 Å². The zero-order valence-corrected chi connectivity index (χ0v) is 15.8. The lowest BCUT2D eigenvalue weighted by atomic mass is 10.1. The fourth-order valence-electron chi connectivity index (χ4n) is 2.37. The fraction of sp³-hybridized carbons (Fsp3) is 0.211. The number of thioether (sulfide) groups is 1. The van der Waals surface area contributed by atoms with E-state index in [9.17, 15) is 22.8 Å². The Morgan fingerprint density at radius 1 is 1.07 bits per heavy atom. The van der Waals surface area contributed by atoms with E-state index in [4.69, 9.17) is 5.26 Å². The number of nitrogens with one attached hydrogen (secondary N) is 3. The van der Waals surface area contributed by atoms with Crippen molar-refractivity contribution in [2.75, 3.05) is 11.9 Å². The SMILES string of the molecule is N#CCNC(=O)C(Cc1ccccc1)NC(=O)Nc1ccc(SC(F)(F)F)cc1. The molecular weight excluding hydrogens is 405 g/mol. The van der Waals surface area contributed by atoms with Crippen molar-refractivity contribution in [2.45, 2.75) is 22.9 Å². The summed E-state index contributed by atoms with van der Waals surface area (Å²) in [4.78, 5) is 24.5. The molecule has 1 atom stereocenters. The number of carbonyl (C=O) groups is 2. The minimum atomic E-state index is -4.40. The van der Waals surface area contributed by atoms with Crippen molar-refractivity contribution in [3.05, 3.63) is 60.2 Å². The van der Waals surface area contributed by atoms with E-state index in [0.29, 0.717) is 0 Å². The summed E-state index contributed by atoms with van der Waals surface area (Å²) in [5, 5.41) is 16.0. The quantitative estimate of drug-likeness (QED) is 0.469. The van der Waals surface area contributed by atoms with Gasteiger partial charge in [0, 0.05) is 17.0 Å². The number of carbonyl (C=O) groups excluding carboxylic acids is 2. The molecule has 0 spiro atoms. The molecule has 0 heterocycles. The van der Waals surface area contributed by atoms with Gasteiger partial charge >= 0.3 is 11.5 Å². The second-order valence-corrected chi connectivity index (χ2v) is 6.93. The minimum Gasteiger partial charge on any atom is -0.341 e. The number of nitriles is 1. The standard InChI is InChI=1S/C19H17F3N4O2S/c20-19(21,22)29-15-8-6-14(7-9-15)25-18(28)26-16(17(27)24-11-10-23)12-13-4-2-1-3-5-13/h1-9,16H,11-12H2,(H,24,27)(H2,25,26,28). The van der Waals surface area contributed by atoms with E-state index in [2.05, 4.69) is 16.0 Å². The summed E-state index contributed by atoms with van der Waals surface area (Å²) in [6.07, 6.45) is 0.201. The first-order chi connectivity index (χ1) is 13.8. The lowest BCUT2D eigenvalue weighted by Crippen LogP contribution is -2.49. The van der Waals surface area contributed by atoms with Crippen LogP contribution in [0, 0.1) is 11.3 Å². The normalized spacial score (nSPS) is 11.8. The predicted molar refractivity (Wildman–Crippen MR) is 103 cm³/mol. The van der Waals surface area contributed by atoms with Crippen molar-refractivity contribution < 1.29 is 22.8 Å². The van der Waals surface area contributed by atoms with E-state index >= 15 is 0 Å². The first-order valence-electron chi connectivity index (χ1n) is 8.39. The summed E-state index contributed by atoms with van der Waals surface area (Å²) in [5.41, 5.74) is -3.32. The molecular formula is C19H17F3N4O2S. The molecule has 6 nitrogen and oxygen atoms in total. The molecule has 0 aliphatic rings. The largest absolute Gasteiger partial charge is 0.446 e. The van der Waals surface area contributed by atoms with Crippen LogP contribution in [-0.4, -0.2) is 30.0 Å². The summed E-state index contributed by atoms with van der Waals surface area (Å²) in [5.74, 6) is -0.525. The van der Waals surface area contributed by atoms with Crippen molar-refractivity contribution in [2.24, 2.45) is 0 Å². The van der Waals surface area contributed by atoms with Crippen molar-refractivity contribution in [3.63, 3.8) is 0 Å². The van der Waals surface area contributed by atoms with E-state index in [1.54, 1.807) is 30.3 Å². The molecule has 0 aliphatic heterocycles. The van der Waals surface area contributed by atoms with E-state index in [1.807, 2.05) is 6.07 Å². The van der Waals surface area contributed by atoms with Crippen LogP contribution in [0.1, 0.15) is 5.56 Å². The highest BCUT2D eigenvalue weighted by atomic mass is 32.2. The van der Waals surface area contributed by atoms with Crippen LogP contribution in [-0.2, 0) is 11.2 Å². The Bertz CT molecular complexity index is 868. The number of urea groups is 1. The number of benzene rings is 2. The highest BCUT2D eigenvalue weighted by molar-refractivity contribution is 8.00. The Balaban J connectivity index is 2.01. The number of hydrogen-bond acceptors (Lipinski definition) is 4. The van der Waals surface area contributed by atoms with Crippen LogP contribution in [0.3, 0.4) is 0 Å². The number of hydrogen-bond donors (Lipinski definition) is 3. The molecule has 2 aromatic rings. The zero-order chi connectivity index (χ0) is 21.3. The molecule has 0 bridgehead atoms. The Labute approximate surface area is 169 Å². The third-order valence-corrected chi connectivity index (χ3v) is 4.33. The molecule has 0 radical (unpaired) electrons. The summed E-state index contributed by atoms with van der Waals surface area (Å²) >= 11 is -0.256. The molecule has 152 valence electrons. The van der Waals surface area contributed by atoms with Crippen molar-refractivity contribution in [1.82, 2.24) is 10.6 Å². The lowest BCUT2D eigenvalue weighted by molar-refractivity contribution is -0.122. The molecule has 0 aromatic heterocycles. The summed E-state index contributed by atoms with van der Waals surface area (Å²) in [6.45, 7) is -0.203. The molecule has 10 heteroatoms. The Morgan fingerprint density at radius 2 is 1.72 bits per heavy atom. The number of halogens is 3. The van der Waals surface area contributed by atoms with Gasteiger partial charge in [-0.05, 0) is 41.6 Å². The van der Waals surface area contributed by atoms with Crippen LogP contribution in [0.2, 0.25) is 0 Å². The molecule has 2 aromatic carbocycles. The second kappa shape index (κ2) is 10.4. The monoisotopic (exact) mass is 422 g/mol. The number of nitrogens with zero attached hydrogens (tertiary/aromatic N) is 1. The average Bonchev–Trinajstić information content (AvgIpc) is 2.67. The van der Waals surface area contributed by atoms with E-state index in [-0.39, 0.29) is 35.3 Å². The lowest BCUT2D eigenvalue weighted by Gasteiger charge is -2.18. The third kappa shape index (κ3) is 8.15. The fourth-order valence-corrected chi connectivity index (χ4v) is 2.91. The predicted octanol–water partition coefficient (Wildman–Crippen LogP) is 3.67. The van der Waals surface area contributed by atoms with Crippen molar-refractivity contribution in [3.8, 4) is 6.07 Å². The molecule has 3 amide bonds. The van der Waals surface area contributed by atoms with Crippen LogP contribution in [0.25, 0.3) is 0 Å².